The van der Waals surface area contributed by atoms with Crippen molar-refractivity contribution < 1.29 is 4.42 Å². The van der Waals surface area contributed by atoms with Crippen LogP contribution in [-0.4, -0.2) is 9.55 Å². The maximum absolute atomic E-state index is 6.19. The zero-order valence-corrected chi connectivity index (χ0v) is 26.5. The predicted octanol–water partition coefficient (Wildman–Crippen LogP) is 12.0. The number of hydrogen-bond donors (Lipinski definition) is 0. The van der Waals surface area contributed by atoms with E-state index >= 15 is 0 Å². The molecule has 4 heteroatoms. The fraction of sp³-hybridized carbons (Fsp3) is 0.175. The van der Waals surface area contributed by atoms with Gasteiger partial charge in [-0.2, -0.15) is 0 Å². The third-order valence-electron chi connectivity index (χ3n) is 8.90. The van der Waals surface area contributed by atoms with E-state index in [0.717, 1.165) is 38.8 Å². The lowest BCUT2D eigenvalue weighted by Crippen LogP contribution is -2.08. The standard InChI is InChI=1S/C40H34N2OS/c1-23(2)28-9-8-10-29(24(3)4)39(28)42-35-12-7-6-11-34(35)41-40(42)33-22-44-38-18-15-27(21-32(33)38)26-14-17-36-31(20-26)30-16-13-25(5)19-37(30)43-36/h6-24H,1-5H3. The lowest BCUT2D eigenvalue weighted by atomic mass is 9.92. The van der Waals surface area contributed by atoms with Gasteiger partial charge >= 0.3 is 0 Å². The number of rotatable bonds is 5. The molecule has 0 saturated carbocycles. The van der Waals surface area contributed by atoms with Crippen LogP contribution in [0.2, 0.25) is 0 Å². The lowest BCUT2D eigenvalue weighted by molar-refractivity contribution is 0.668. The van der Waals surface area contributed by atoms with Gasteiger partial charge in [-0.05, 0) is 89.0 Å². The minimum absolute atomic E-state index is 0.376. The molecule has 0 aliphatic carbocycles. The number of nitrogens with zero attached hydrogens (tertiary/aromatic N) is 2. The topological polar surface area (TPSA) is 31.0 Å². The van der Waals surface area contributed by atoms with E-state index in [2.05, 4.69) is 142 Å². The molecule has 3 heterocycles. The largest absolute Gasteiger partial charge is 0.456 e. The highest BCUT2D eigenvalue weighted by atomic mass is 32.1. The van der Waals surface area contributed by atoms with Gasteiger partial charge < -0.3 is 4.42 Å². The molecular formula is C40H34N2OS. The number of para-hydroxylation sites is 3. The highest BCUT2D eigenvalue weighted by Crippen LogP contribution is 2.42. The Hall–Kier alpha value is -4.67. The summed E-state index contributed by atoms with van der Waals surface area (Å²) in [5.41, 5.74) is 12.7. The number of benzene rings is 5. The van der Waals surface area contributed by atoms with Gasteiger partial charge in [0.05, 0.1) is 16.7 Å². The smallest absolute Gasteiger partial charge is 0.147 e. The first kappa shape index (κ1) is 26.9. The van der Waals surface area contributed by atoms with Crippen molar-refractivity contribution >= 4 is 54.4 Å². The Bertz CT molecular complexity index is 2340. The molecule has 216 valence electrons. The van der Waals surface area contributed by atoms with E-state index in [9.17, 15) is 0 Å². The number of hydrogen-bond acceptors (Lipinski definition) is 3. The second-order valence-electron chi connectivity index (χ2n) is 12.5. The van der Waals surface area contributed by atoms with Crippen LogP contribution in [0.25, 0.3) is 71.3 Å². The molecule has 0 saturated heterocycles. The molecule has 0 amide bonds. The van der Waals surface area contributed by atoms with E-state index in [1.165, 1.54) is 49.2 Å². The number of thiophene rings is 1. The minimum atomic E-state index is 0.376. The summed E-state index contributed by atoms with van der Waals surface area (Å²) in [5.74, 6) is 1.75. The van der Waals surface area contributed by atoms with Crippen molar-refractivity contribution in [3.63, 3.8) is 0 Å². The summed E-state index contributed by atoms with van der Waals surface area (Å²) in [6.45, 7) is 11.2. The summed E-state index contributed by atoms with van der Waals surface area (Å²) in [6, 6.07) is 35.2. The van der Waals surface area contributed by atoms with E-state index in [0.29, 0.717) is 11.8 Å². The van der Waals surface area contributed by atoms with Gasteiger partial charge in [0.25, 0.3) is 0 Å². The Morgan fingerprint density at radius 2 is 1.41 bits per heavy atom. The van der Waals surface area contributed by atoms with Crippen LogP contribution in [0.4, 0.5) is 0 Å². The van der Waals surface area contributed by atoms with Crippen molar-refractivity contribution in [3.8, 4) is 28.2 Å². The van der Waals surface area contributed by atoms with E-state index in [1.54, 1.807) is 11.3 Å². The molecule has 44 heavy (non-hydrogen) atoms. The van der Waals surface area contributed by atoms with E-state index in [1.807, 2.05) is 0 Å². The van der Waals surface area contributed by atoms with Crippen molar-refractivity contribution in [2.75, 3.05) is 0 Å². The van der Waals surface area contributed by atoms with Crippen molar-refractivity contribution in [1.82, 2.24) is 9.55 Å². The van der Waals surface area contributed by atoms with E-state index < -0.39 is 0 Å². The van der Waals surface area contributed by atoms with Gasteiger partial charge in [-0.1, -0.05) is 82.3 Å². The zero-order valence-electron chi connectivity index (χ0n) is 25.7. The summed E-state index contributed by atoms with van der Waals surface area (Å²) >= 11 is 1.79. The summed E-state index contributed by atoms with van der Waals surface area (Å²) in [6.07, 6.45) is 0. The third-order valence-corrected chi connectivity index (χ3v) is 9.86. The second kappa shape index (κ2) is 10.2. The van der Waals surface area contributed by atoms with Crippen molar-refractivity contribution in [2.24, 2.45) is 0 Å². The van der Waals surface area contributed by atoms with Crippen LogP contribution in [0.3, 0.4) is 0 Å². The fourth-order valence-electron chi connectivity index (χ4n) is 6.65. The Kier molecular flexibility index (Phi) is 6.25. The number of aryl methyl sites for hydroxylation is 1. The summed E-state index contributed by atoms with van der Waals surface area (Å²) in [7, 11) is 0. The van der Waals surface area contributed by atoms with E-state index in [4.69, 9.17) is 9.40 Å². The van der Waals surface area contributed by atoms with Crippen LogP contribution in [0.5, 0.6) is 0 Å². The summed E-state index contributed by atoms with van der Waals surface area (Å²) in [5, 5.41) is 5.82. The van der Waals surface area contributed by atoms with E-state index in [-0.39, 0.29) is 0 Å². The molecule has 5 aromatic carbocycles. The SMILES string of the molecule is Cc1ccc2c(c1)oc1ccc(-c3ccc4scc(-c5nc6ccccc6n5-c5c(C(C)C)cccc5C(C)C)c4c3)cc12. The average Bonchev–Trinajstić information content (AvgIpc) is 3.72. The molecule has 3 nitrogen and oxygen atoms in total. The Morgan fingerprint density at radius 1 is 0.682 bits per heavy atom. The molecule has 0 atom stereocenters. The normalized spacial score (nSPS) is 12.2. The predicted molar refractivity (Wildman–Crippen MR) is 188 cm³/mol. The summed E-state index contributed by atoms with van der Waals surface area (Å²) < 4.78 is 9.87. The average molecular weight is 591 g/mol. The molecule has 0 aliphatic heterocycles. The highest BCUT2D eigenvalue weighted by molar-refractivity contribution is 7.17. The van der Waals surface area contributed by atoms with Crippen molar-refractivity contribution in [3.05, 3.63) is 119 Å². The molecule has 0 radical (unpaired) electrons. The summed E-state index contributed by atoms with van der Waals surface area (Å²) in [4.78, 5) is 5.32. The van der Waals surface area contributed by atoms with Crippen molar-refractivity contribution in [1.29, 1.82) is 0 Å². The Morgan fingerprint density at radius 3 is 2.18 bits per heavy atom. The first-order valence-corrected chi connectivity index (χ1v) is 16.3. The van der Waals surface area contributed by atoms with Crippen LogP contribution < -0.4 is 0 Å². The molecule has 0 aliphatic rings. The molecule has 0 spiro atoms. The molecule has 0 N–H and O–H groups in total. The molecule has 8 rings (SSSR count). The number of imidazole rings is 1. The first-order valence-electron chi connectivity index (χ1n) is 15.4. The van der Waals surface area contributed by atoms with Crippen molar-refractivity contribution in [2.45, 2.75) is 46.5 Å². The molecule has 8 aromatic rings. The van der Waals surface area contributed by atoms with Crippen LogP contribution in [-0.2, 0) is 0 Å². The van der Waals surface area contributed by atoms with Gasteiger partial charge in [0.2, 0.25) is 0 Å². The van der Waals surface area contributed by atoms with Crippen LogP contribution >= 0.6 is 11.3 Å². The molecule has 0 unspecified atom stereocenters. The molecule has 0 bridgehead atoms. The maximum Gasteiger partial charge on any atom is 0.147 e. The second-order valence-corrected chi connectivity index (χ2v) is 13.4. The van der Waals surface area contributed by atoms with Gasteiger partial charge in [0.15, 0.2) is 0 Å². The molecule has 3 aromatic heterocycles. The van der Waals surface area contributed by atoms with Gasteiger partial charge in [-0.15, -0.1) is 11.3 Å². The lowest BCUT2D eigenvalue weighted by Gasteiger charge is -2.22. The Labute approximate surface area is 261 Å². The van der Waals surface area contributed by atoms with Crippen LogP contribution in [0.15, 0.2) is 107 Å². The minimum Gasteiger partial charge on any atom is -0.456 e. The highest BCUT2D eigenvalue weighted by Gasteiger charge is 2.23. The maximum atomic E-state index is 6.19. The zero-order chi connectivity index (χ0) is 30.1. The monoisotopic (exact) mass is 590 g/mol. The molecular weight excluding hydrogens is 557 g/mol. The van der Waals surface area contributed by atoms with Gasteiger partial charge in [0, 0.05) is 31.8 Å². The van der Waals surface area contributed by atoms with Crippen LogP contribution in [0.1, 0.15) is 56.2 Å². The van der Waals surface area contributed by atoms with Crippen LogP contribution in [0, 0.1) is 6.92 Å². The van der Waals surface area contributed by atoms with Gasteiger partial charge in [-0.25, -0.2) is 4.98 Å². The van der Waals surface area contributed by atoms with Gasteiger partial charge in [-0.3, -0.25) is 4.57 Å². The first-order chi connectivity index (χ1) is 21.4. The van der Waals surface area contributed by atoms with Gasteiger partial charge in [0.1, 0.15) is 17.0 Å². The number of fused-ring (bicyclic) bond motifs is 5. The Balaban J connectivity index is 1.36. The number of furan rings is 1. The number of aromatic nitrogens is 2. The quantitative estimate of drug-likeness (QED) is 0.200. The fourth-order valence-corrected chi connectivity index (χ4v) is 7.57. The third kappa shape index (κ3) is 4.20. The molecule has 0 fully saturated rings.